The Balaban J connectivity index is 1.83. The van der Waals surface area contributed by atoms with Gasteiger partial charge in [-0.25, -0.2) is 9.78 Å². The van der Waals surface area contributed by atoms with Crippen LogP contribution in [0.4, 0.5) is 13.2 Å². The quantitative estimate of drug-likeness (QED) is 0.377. The number of benzene rings is 3. The molecule has 0 aliphatic rings. The van der Waals surface area contributed by atoms with E-state index in [2.05, 4.69) is 4.98 Å². The lowest BCUT2D eigenvalue weighted by Gasteiger charge is -2.19. The van der Waals surface area contributed by atoms with Crippen LogP contribution in [-0.2, 0) is 15.7 Å². The van der Waals surface area contributed by atoms with E-state index in [4.69, 9.17) is 13.9 Å². The number of alkyl halides is 3. The smallest absolute Gasteiger partial charge is 0.416 e. The molecule has 0 aliphatic carbocycles. The third kappa shape index (κ3) is 4.23. The van der Waals surface area contributed by atoms with Crippen LogP contribution in [0.1, 0.15) is 17.2 Å². The molecule has 4 rings (SSSR count). The summed E-state index contributed by atoms with van der Waals surface area (Å²) < 4.78 is 56.4. The number of para-hydroxylation sites is 2. The van der Waals surface area contributed by atoms with E-state index in [0.29, 0.717) is 16.7 Å². The molecule has 1 aromatic heterocycles. The van der Waals surface area contributed by atoms with E-state index in [9.17, 15) is 18.0 Å². The van der Waals surface area contributed by atoms with Crippen LogP contribution >= 0.6 is 0 Å². The van der Waals surface area contributed by atoms with Crippen LogP contribution in [0.2, 0.25) is 0 Å². The molecule has 0 radical (unpaired) electrons. The normalized spacial score (nSPS) is 12.5. The highest BCUT2D eigenvalue weighted by Gasteiger charge is 2.33. The second kappa shape index (κ2) is 8.14. The maximum absolute atomic E-state index is 13.4. The molecule has 0 N–H and O–H groups in total. The minimum Gasteiger partial charge on any atom is -0.473 e. The van der Waals surface area contributed by atoms with Gasteiger partial charge in [0.25, 0.3) is 0 Å². The number of oxazole rings is 1. The monoisotopic (exact) mass is 427 g/mol. The Kier molecular flexibility index (Phi) is 5.37. The lowest BCUT2D eigenvalue weighted by Crippen LogP contribution is -2.20. The fraction of sp³-hybridized carbons (Fsp3) is 0.130. The van der Waals surface area contributed by atoms with Gasteiger partial charge in [0, 0.05) is 5.56 Å². The van der Waals surface area contributed by atoms with Gasteiger partial charge >= 0.3 is 12.1 Å². The summed E-state index contributed by atoms with van der Waals surface area (Å²) >= 11 is 0. The van der Waals surface area contributed by atoms with Crippen LogP contribution in [0.15, 0.2) is 77.2 Å². The molecule has 158 valence electrons. The molecule has 1 unspecified atom stereocenters. The second-order valence-electron chi connectivity index (χ2n) is 6.63. The lowest BCUT2D eigenvalue weighted by molar-refractivity contribution is -0.149. The van der Waals surface area contributed by atoms with Gasteiger partial charge in [-0.05, 0) is 30.3 Å². The van der Waals surface area contributed by atoms with Gasteiger partial charge in [-0.2, -0.15) is 13.2 Å². The fourth-order valence-corrected chi connectivity index (χ4v) is 3.08. The summed E-state index contributed by atoms with van der Waals surface area (Å²) in [5.74, 6) is -0.757. The van der Waals surface area contributed by atoms with Crippen molar-refractivity contribution in [2.24, 2.45) is 0 Å². The highest BCUT2D eigenvalue weighted by atomic mass is 19.4. The Morgan fingerprint density at radius 1 is 1.00 bits per heavy atom. The van der Waals surface area contributed by atoms with Gasteiger partial charge in [0.2, 0.25) is 12.0 Å². The molecule has 0 saturated heterocycles. The van der Waals surface area contributed by atoms with E-state index in [-0.39, 0.29) is 17.2 Å². The summed E-state index contributed by atoms with van der Waals surface area (Å²) in [6, 6.07) is 18.2. The summed E-state index contributed by atoms with van der Waals surface area (Å²) in [6.45, 7) is 0. The first-order chi connectivity index (χ1) is 14.9. The Morgan fingerprint density at radius 2 is 1.71 bits per heavy atom. The number of esters is 1. The predicted molar refractivity (Wildman–Crippen MR) is 106 cm³/mol. The number of carbonyl (C=O) groups excluding carboxylic acids is 1. The van der Waals surface area contributed by atoms with Crippen LogP contribution in [0.3, 0.4) is 0 Å². The zero-order chi connectivity index (χ0) is 22.0. The predicted octanol–water partition coefficient (Wildman–Crippen LogP) is 5.81. The summed E-state index contributed by atoms with van der Waals surface area (Å²) in [6.07, 6.45) is -5.77. The van der Waals surface area contributed by atoms with Crippen molar-refractivity contribution in [1.82, 2.24) is 4.98 Å². The van der Waals surface area contributed by atoms with Crippen molar-refractivity contribution < 1.29 is 31.9 Å². The molecule has 1 heterocycles. The largest absolute Gasteiger partial charge is 0.473 e. The first-order valence-electron chi connectivity index (χ1n) is 9.23. The third-order valence-electron chi connectivity index (χ3n) is 4.59. The molecular formula is C23H16F3NO4. The average Bonchev–Trinajstić information content (AvgIpc) is 3.21. The maximum Gasteiger partial charge on any atom is 0.416 e. The molecule has 5 nitrogen and oxygen atoms in total. The Bertz CT molecular complexity index is 1190. The number of carbonyl (C=O) groups is 1. The van der Waals surface area contributed by atoms with E-state index >= 15 is 0 Å². The third-order valence-corrected chi connectivity index (χ3v) is 4.59. The van der Waals surface area contributed by atoms with Gasteiger partial charge < -0.3 is 13.9 Å². The van der Waals surface area contributed by atoms with Gasteiger partial charge in [-0.3, -0.25) is 0 Å². The number of rotatable bonds is 5. The molecule has 31 heavy (non-hydrogen) atoms. The molecule has 1 atom stereocenters. The molecule has 0 aliphatic heterocycles. The molecule has 0 bridgehead atoms. The van der Waals surface area contributed by atoms with E-state index in [0.717, 1.165) is 18.2 Å². The number of nitrogens with zero attached hydrogens (tertiary/aromatic N) is 1. The number of hydrogen-bond donors (Lipinski definition) is 0. The van der Waals surface area contributed by atoms with Gasteiger partial charge in [-0.15, -0.1) is 0 Å². The van der Waals surface area contributed by atoms with Crippen LogP contribution in [0.25, 0.3) is 22.6 Å². The second-order valence-corrected chi connectivity index (χ2v) is 6.63. The minimum absolute atomic E-state index is 0.00110. The minimum atomic E-state index is -4.58. The summed E-state index contributed by atoms with van der Waals surface area (Å²) in [4.78, 5) is 16.6. The summed E-state index contributed by atoms with van der Waals surface area (Å²) in [5, 5.41) is 0. The molecule has 8 heteroatoms. The zero-order valence-corrected chi connectivity index (χ0v) is 16.2. The molecule has 3 aromatic carbocycles. The van der Waals surface area contributed by atoms with Crippen molar-refractivity contribution >= 4 is 17.1 Å². The standard InChI is InChI=1S/C23H16F3NO4/c1-29-22(28)20(14-7-3-2-4-8-14)30-18-12-11-15(23(24,25)26)13-16(18)21-27-17-9-5-6-10-19(17)31-21/h2-13,20H,1H3. The number of aromatic nitrogens is 1. The number of hydrogen-bond acceptors (Lipinski definition) is 5. The summed E-state index contributed by atoms with van der Waals surface area (Å²) in [7, 11) is 1.20. The van der Waals surface area contributed by atoms with E-state index in [1.165, 1.54) is 7.11 Å². The van der Waals surface area contributed by atoms with Crippen molar-refractivity contribution in [3.63, 3.8) is 0 Å². The highest BCUT2D eigenvalue weighted by Crippen LogP contribution is 2.39. The molecule has 0 amide bonds. The first kappa shape index (κ1) is 20.5. The van der Waals surface area contributed by atoms with Crippen LogP contribution in [0.5, 0.6) is 5.75 Å². The van der Waals surface area contributed by atoms with Crippen molar-refractivity contribution in [3.05, 3.63) is 83.9 Å². The fourth-order valence-electron chi connectivity index (χ4n) is 3.08. The molecule has 4 aromatic rings. The van der Waals surface area contributed by atoms with E-state index in [1.54, 1.807) is 54.6 Å². The molecule has 0 saturated carbocycles. The number of ether oxygens (including phenoxy) is 2. The van der Waals surface area contributed by atoms with Crippen LogP contribution < -0.4 is 4.74 Å². The van der Waals surface area contributed by atoms with Gasteiger partial charge in [0.1, 0.15) is 11.3 Å². The molecule has 0 spiro atoms. The Labute approximate surface area is 175 Å². The summed E-state index contributed by atoms with van der Waals surface area (Å²) in [5.41, 5.74) is 0.446. The van der Waals surface area contributed by atoms with Gasteiger partial charge in [-0.1, -0.05) is 42.5 Å². The lowest BCUT2D eigenvalue weighted by atomic mass is 10.1. The van der Waals surface area contributed by atoms with Crippen LogP contribution in [0, 0.1) is 0 Å². The first-order valence-corrected chi connectivity index (χ1v) is 9.23. The highest BCUT2D eigenvalue weighted by molar-refractivity contribution is 5.79. The van der Waals surface area contributed by atoms with E-state index in [1.807, 2.05) is 0 Å². The van der Waals surface area contributed by atoms with E-state index < -0.39 is 23.8 Å². The zero-order valence-electron chi connectivity index (χ0n) is 16.2. The SMILES string of the molecule is COC(=O)C(Oc1ccc(C(F)(F)F)cc1-c1nc2ccccc2o1)c1ccccc1. The van der Waals surface area contributed by atoms with Gasteiger partial charge in [0.15, 0.2) is 5.58 Å². The number of halogens is 3. The number of fused-ring (bicyclic) bond motifs is 1. The Morgan fingerprint density at radius 3 is 2.39 bits per heavy atom. The maximum atomic E-state index is 13.4. The Hall–Kier alpha value is -3.81. The molecular weight excluding hydrogens is 411 g/mol. The van der Waals surface area contributed by atoms with Crippen molar-refractivity contribution in [3.8, 4) is 17.2 Å². The van der Waals surface area contributed by atoms with Crippen LogP contribution in [-0.4, -0.2) is 18.1 Å². The average molecular weight is 427 g/mol. The van der Waals surface area contributed by atoms with Gasteiger partial charge in [0.05, 0.1) is 18.2 Å². The molecule has 0 fully saturated rings. The van der Waals surface area contributed by atoms with Crippen molar-refractivity contribution in [2.45, 2.75) is 12.3 Å². The topological polar surface area (TPSA) is 61.6 Å². The number of methoxy groups -OCH3 is 1. The van der Waals surface area contributed by atoms with Crippen molar-refractivity contribution in [1.29, 1.82) is 0 Å². The van der Waals surface area contributed by atoms with Crippen molar-refractivity contribution in [2.75, 3.05) is 7.11 Å².